The van der Waals surface area contributed by atoms with E-state index >= 15 is 0 Å². The molecule has 0 spiro atoms. The molecule has 0 aliphatic rings. The van der Waals surface area contributed by atoms with Crippen LogP contribution in [0.2, 0.25) is 0 Å². The Kier molecular flexibility index (Phi) is 4.55. The Morgan fingerprint density at radius 1 is 1.25 bits per heavy atom. The second-order valence-electron chi connectivity index (χ2n) is 4.02. The van der Waals surface area contributed by atoms with Crippen molar-refractivity contribution in [1.29, 1.82) is 0 Å². The summed E-state index contributed by atoms with van der Waals surface area (Å²) in [6.07, 6.45) is 0. The SMILES string of the molecule is COc1cccc(COc2ccc(F)cc2B(O)O)n1. The van der Waals surface area contributed by atoms with Crippen LogP contribution >= 0.6 is 0 Å². The fraction of sp³-hybridized carbons (Fsp3) is 0.154. The van der Waals surface area contributed by atoms with Crippen molar-refractivity contribution in [2.24, 2.45) is 0 Å². The molecule has 2 aromatic rings. The van der Waals surface area contributed by atoms with E-state index in [0.29, 0.717) is 11.6 Å². The van der Waals surface area contributed by atoms with Gasteiger partial charge in [0.15, 0.2) is 0 Å². The van der Waals surface area contributed by atoms with E-state index in [1.807, 2.05) is 0 Å². The van der Waals surface area contributed by atoms with Crippen LogP contribution in [0, 0.1) is 5.82 Å². The normalized spacial score (nSPS) is 10.2. The van der Waals surface area contributed by atoms with Gasteiger partial charge < -0.3 is 19.5 Å². The fourth-order valence-electron chi connectivity index (χ4n) is 1.66. The molecular weight excluding hydrogens is 264 g/mol. The molecule has 104 valence electrons. The van der Waals surface area contributed by atoms with Crippen molar-refractivity contribution in [2.75, 3.05) is 7.11 Å². The van der Waals surface area contributed by atoms with E-state index in [2.05, 4.69) is 4.98 Å². The molecule has 0 radical (unpaired) electrons. The molecule has 0 unspecified atom stereocenters. The van der Waals surface area contributed by atoms with Gasteiger partial charge in [-0.1, -0.05) is 6.07 Å². The van der Waals surface area contributed by atoms with Gasteiger partial charge in [-0.3, -0.25) is 0 Å². The number of hydrogen-bond donors (Lipinski definition) is 2. The summed E-state index contributed by atoms with van der Waals surface area (Å²) in [6, 6.07) is 8.73. The summed E-state index contributed by atoms with van der Waals surface area (Å²) in [5.41, 5.74) is 0.569. The predicted octanol–water partition coefficient (Wildman–Crippen LogP) is 0.488. The largest absolute Gasteiger partial charge is 0.492 e. The summed E-state index contributed by atoms with van der Waals surface area (Å²) < 4.78 is 23.5. The number of nitrogens with zero attached hydrogens (tertiary/aromatic N) is 1. The summed E-state index contributed by atoms with van der Waals surface area (Å²) in [7, 11) is -0.299. The molecule has 1 heterocycles. The second kappa shape index (κ2) is 6.36. The molecule has 0 saturated heterocycles. The molecule has 20 heavy (non-hydrogen) atoms. The molecule has 5 nitrogen and oxygen atoms in total. The van der Waals surface area contributed by atoms with E-state index in [1.165, 1.54) is 19.2 Å². The highest BCUT2D eigenvalue weighted by Gasteiger charge is 2.18. The Balaban J connectivity index is 2.14. The third-order valence-corrected chi connectivity index (χ3v) is 2.62. The van der Waals surface area contributed by atoms with Crippen molar-refractivity contribution in [3.8, 4) is 11.6 Å². The molecule has 2 rings (SSSR count). The van der Waals surface area contributed by atoms with E-state index in [0.717, 1.165) is 6.07 Å². The lowest BCUT2D eigenvalue weighted by Crippen LogP contribution is -2.31. The number of pyridine rings is 1. The molecule has 7 heteroatoms. The first kappa shape index (κ1) is 14.3. The van der Waals surface area contributed by atoms with E-state index in [1.54, 1.807) is 18.2 Å². The van der Waals surface area contributed by atoms with Crippen LogP contribution in [-0.4, -0.2) is 29.3 Å². The predicted molar refractivity (Wildman–Crippen MR) is 71.3 cm³/mol. The molecule has 1 aromatic carbocycles. The third kappa shape index (κ3) is 3.46. The Bertz CT molecular complexity index is 594. The van der Waals surface area contributed by atoms with Crippen LogP contribution < -0.4 is 14.9 Å². The first-order chi connectivity index (χ1) is 9.60. The fourth-order valence-corrected chi connectivity index (χ4v) is 1.66. The summed E-state index contributed by atoms with van der Waals surface area (Å²) in [5.74, 6) is 0.0681. The summed E-state index contributed by atoms with van der Waals surface area (Å²) in [6.45, 7) is 0.0998. The Morgan fingerprint density at radius 2 is 2.05 bits per heavy atom. The van der Waals surface area contributed by atoms with Gasteiger partial charge in [0.1, 0.15) is 18.2 Å². The topological polar surface area (TPSA) is 71.8 Å². The Hall–Kier alpha value is -2.12. The van der Waals surface area contributed by atoms with Crippen LogP contribution in [0.1, 0.15) is 5.69 Å². The monoisotopic (exact) mass is 277 g/mol. The number of ether oxygens (including phenoxy) is 2. The average molecular weight is 277 g/mol. The molecule has 0 aliphatic heterocycles. The van der Waals surface area contributed by atoms with Gasteiger partial charge in [0, 0.05) is 11.5 Å². The lowest BCUT2D eigenvalue weighted by atomic mass is 9.79. The van der Waals surface area contributed by atoms with Gasteiger partial charge in [0.25, 0.3) is 0 Å². The van der Waals surface area contributed by atoms with Gasteiger partial charge in [-0.2, -0.15) is 0 Å². The van der Waals surface area contributed by atoms with Crippen LogP contribution in [0.3, 0.4) is 0 Å². The lowest BCUT2D eigenvalue weighted by Gasteiger charge is -2.11. The van der Waals surface area contributed by atoms with Crippen molar-refractivity contribution in [3.05, 3.63) is 47.9 Å². The highest BCUT2D eigenvalue weighted by Crippen LogP contribution is 2.13. The van der Waals surface area contributed by atoms with Gasteiger partial charge in [-0.05, 0) is 24.3 Å². The maximum atomic E-state index is 13.1. The molecule has 1 aromatic heterocycles. The van der Waals surface area contributed by atoms with Gasteiger partial charge in [0.2, 0.25) is 5.88 Å². The van der Waals surface area contributed by atoms with Gasteiger partial charge in [0.05, 0.1) is 12.8 Å². The van der Waals surface area contributed by atoms with Crippen LogP contribution in [0.5, 0.6) is 11.6 Å². The van der Waals surface area contributed by atoms with Crippen molar-refractivity contribution < 1.29 is 23.9 Å². The standard InChI is InChI=1S/C13H13BFNO4/c1-19-13-4-2-3-10(16-13)8-20-12-6-5-9(15)7-11(12)14(17)18/h2-7,17-18H,8H2,1H3. The summed E-state index contributed by atoms with van der Waals surface area (Å²) in [4.78, 5) is 4.15. The summed E-state index contributed by atoms with van der Waals surface area (Å²) in [5, 5.41) is 18.4. The van der Waals surface area contributed by atoms with E-state index in [9.17, 15) is 14.4 Å². The smallest absolute Gasteiger partial charge is 0.488 e. The van der Waals surface area contributed by atoms with E-state index in [-0.39, 0.29) is 17.8 Å². The zero-order valence-corrected chi connectivity index (χ0v) is 10.8. The van der Waals surface area contributed by atoms with Crippen LogP contribution in [0.15, 0.2) is 36.4 Å². The van der Waals surface area contributed by atoms with Crippen molar-refractivity contribution >= 4 is 12.6 Å². The minimum Gasteiger partial charge on any atom is -0.488 e. The summed E-state index contributed by atoms with van der Waals surface area (Å²) >= 11 is 0. The molecule has 0 amide bonds. The third-order valence-electron chi connectivity index (χ3n) is 2.62. The van der Waals surface area contributed by atoms with Gasteiger partial charge in [-0.25, -0.2) is 9.37 Å². The quantitative estimate of drug-likeness (QED) is 0.778. The Morgan fingerprint density at radius 3 is 2.75 bits per heavy atom. The number of halogens is 1. The Labute approximate surface area is 115 Å². The van der Waals surface area contributed by atoms with Gasteiger partial charge in [-0.15, -0.1) is 0 Å². The van der Waals surface area contributed by atoms with Crippen molar-refractivity contribution in [3.63, 3.8) is 0 Å². The molecular formula is C13H13BFNO4. The van der Waals surface area contributed by atoms with Gasteiger partial charge >= 0.3 is 7.12 Å². The van der Waals surface area contributed by atoms with Crippen LogP contribution in [-0.2, 0) is 6.61 Å². The molecule has 0 fully saturated rings. The highest BCUT2D eigenvalue weighted by molar-refractivity contribution is 6.59. The van der Waals surface area contributed by atoms with E-state index in [4.69, 9.17) is 9.47 Å². The molecule has 2 N–H and O–H groups in total. The number of hydrogen-bond acceptors (Lipinski definition) is 5. The first-order valence-electron chi connectivity index (χ1n) is 5.88. The number of benzene rings is 1. The second-order valence-corrected chi connectivity index (χ2v) is 4.02. The van der Waals surface area contributed by atoms with Crippen molar-refractivity contribution in [2.45, 2.75) is 6.61 Å². The van der Waals surface area contributed by atoms with Crippen LogP contribution in [0.4, 0.5) is 4.39 Å². The highest BCUT2D eigenvalue weighted by atomic mass is 19.1. The maximum Gasteiger partial charge on any atom is 0.492 e. The lowest BCUT2D eigenvalue weighted by molar-refractivity contribution is 0.298. The van der Waals surface area contributed by atoms with E-state index < -0.39 is 12.9 Å². The van der Waals surface area contributed by atoms with Crippen molar-refractivity contribution in [1.82, 2.24) is 4.98 Å². The molecule has 0 aliphatic carbocycles. The minimum atomic E-state index is -1.81. The zero-order chi connectivity index (χ0) is 14.5. The minimum absolute atomic E-state index is 0.0344. The van der Waals surface area contributed by atoms with Crippen LogP contribution in [0.25, 0.3) is 0 Å². The number of methoxy groups -OCH3 is 1. The average Bonchev–Trinajstić information content (AvgIpc) is 2.46. The number of aromatic nitrogens is 1. The molecule has 0 atom stereocenters. The zero-order valence-electron chi connectivity index (χ0n) is 10.8. The molecule has 0 bridgehead atoms. The maximum absolute atomic E-state index is 13.1. The molecule has 0 saturated carbocycles. The number of rotatable bonds is 5. The first-order valence-corrected chi connectivity index (χ1v) is 5.88.